The highest BCUT2D eigenvalue weighted by Gasteiger charge is 2.32. The average molecular weight is 373 g/mol. The number of benzene rings is 1. The third kappa shape index (κ3) is 4.49. The first-order valence-corrected chi connectivity index (χ1v) is 7.82. The van der Waals surface area contributed by atoms with E-state index in [0.717, 1.165) is 14.0 Å². The van der Waals surface area contributed by atoms with Gasteiger partial charge in [0, 0.05) is 34.1 Å². The van der Waals surface area contributed by atoms with Gasteiger partial charge in [-0.3, -0.25) is 14.4 Å². The summed E-state index contributed by atoms with van der Waals surface area (Å²) in [7, 11) is 0.983. The normalized spacial score (nSPS) is 34.9. The second-order valence-corrected chi connectivity index (χ2v) is 5.92. The lowest BCUT2D eigenvalue weighted by Crippen LogP contribution is -2.43. The lowest BCUT2D eigenvalue weighted by atomic mass is 9.94. The molecule has 1 aliphatic heterocycles. The number of carbonyl (C=O) groups is 3. The van der Waals surface area contributed by atoms with Crippen molar-refractivity contribution in [2.24, 2.45) is 11.8 Å². The Morgan fingerprint density at radius 3 is 2.92 bits per heavy atom. The molecule has 0 radical (unpaired) electrons. The van der Waals surface area contributed by atoms with E-state index < -0.39 is 103 Å². The van der Waals surface area contributed by atoms with Crippen LogP contribution in [0.3, 0.4) is 0 Å². The van der Waals surface area contributed by atoms with E-state index in [4.69, 9.17) is 16.4 Å². The van der Waals surface area contributed by atoms with E-state index in [-0.39, 0.29) is 0 Å². The van der Waals surface area contributed by atoms with Crippen LogP contribution in [0, 0.1) is 11.8 Å². The van der Waals surface area contributed by atoms with Crippen molar-refractivity contribution in [1.82, 2.24) is 10.2 Å². The van der Waals surface area contributed by atoms with Gasteiger partial charge in [0.1, 0.15) is 12.1 Å². The van der Waals surface area contributed by atoms with Crippen LogP contribution in [0.2, 0.25) is 0 Å². The van der Waals surface area contributed by atoms with E-state index in [2.05, 4.69) is 0 Å². The van der Waals surface area contributed by atoms with Gasteiger partial charge >= 0.3 is 0 Å². The van der Waals surface area contributed by atoms with Gasteiger partial charge in [-0.05, 0) is 23.4 Å². The predicted molar refractivity (Wildman–Crippen MR) is 98.3 cm³/mol. The molecule has 0 saturated heterocycles. The van der Waals surface area contributed by atoms with E-state index in [0.29, 0.717) is 11.8 Å². The number of amides is 2. The Kier molecular flexibility index (Phi) is 2.97. The highest BCUT2D eigenvalue weighted by atomic mass is 16.3. The molecular formula is C20H28N2O4. The maximum absolute atomic E-state index is 13.3. The number of hydrogen-bond donors (Lipinski definition) is 2. The number of likely N-dealkylation sites (N-methyl/N-ethyl adjacent to an activating group) is 1. The van der Waals surface area contributed by atoms with Gasteiger partial charge in [-0.15, -0.1) is 0 Å². The van der Waals surface area contributed by atoms with Crippen molar-refractivity contribution in [3.8, 4) is 0 Å². The number of hydrogen-bond acceptors (Lipinski definition) is 4. The fourth-order valence-electron chi connectivity index (χ4n) is 2.27. The number of nitrogens with zero attached hydrogens (tertiary/aromatic N) is 1. The highest BCUT2D eigenvalue weighted by Crippen LogP contribution is 2.25. The predicted octanol–water partition coefficient (Wildman–Crippen LogP) is 1.47. The first kappa shape index (κ1) is 9.13. The van der Waals surface area contributed by atoms with Crippen LogP contribution < -0.4 is 5.32 Å². The monoisotopic (exact) mass is 372 g/mol. The summed E-state index contributed by atoms with van der Waals surface area (Å²) < 4.78 is 95.4. The number of aliphatic hydroxyl groups is 1. The van der Waals surface area contributed by atoms with Crippen LogP contribution >= 0.6 is 0 Å². The molecule has 0 aromatic heterocycles. The molecule has 0 spiro atoms. The van der Waals surface area contributed by atoms with Gasteiger partial charge in [0.15, 0.2) is 5.78 Å². The van der Waals surface area contributed by atoms with Crippen LogP contribution in [0.25, 0.3) is 0 Å². The van der Waals surface area contributed by atoms with Crippen molar-refractivity contribution in [2.75, 3.05) is 13.5 Å². The van der Waals surface area contributed by atoms with Crippen LogP contribution in [-0.2, 0) is 20.8 Å². The zero-order chi connectivity index (χ0) is 30.0. The van der Waals surface area contributed by atoms with Crippen LogP contribution in [0.15, 0.2) is 24.2 Å². The zero-order valence-electron chi connectivity index (χ0n) is 26.6. The molecule has 4 atom stereocenters. The van der Waals surface area contributed by atoms with E-state index in [1.165, 1.54) is 0 Å². The fourth-order valence-corrected chi connectivity index (χ4v) is 2.27. The summed E-state index contributed by atoms with van der Waals surface area (Å²) in [6.45, 7) is -4.02. The Bertz CT molecular complexity index is 1180. The Labute approximate surface area is 171 Å². The third-order valence-electron chi connectivity index (χ3n) is 3.83. The quantitative estimate of drug-likeness (QED) is 0.792. The number of nitrogens with one attached hydrogen (secondary N) is 1. The molecule has 6 nitrogen and oxygen atoms in total. The molecule has 1 heterocycles. The Hall–Kier alpha value is -2.21. The Morgan fingerprint density at radius 2 is 2.23 bits per heavy atom. The minimum absolute atomic E-state index is 0.416. The number of carbonyl (C=O) groups excluding carboxylic acids is 3. The molecule has 1 unspecified atom stereocenters. The van der Waals surface area contributed by atoms with Crippen molar-refractivity contribution in [1.29, 1.82) is 0 Å². The lowest BCUT2D eigenvalue weighted by molar-refractivity contribution is -0.137. The number of ketones is 1. The second kappa shape index (κ2) is 8.45. The Morgan fingerprint density at radius 1 is 1.54 bits per heavy atom. The van der Waals surface area contributed by atoms with Gasteiger partial charge in [-0.1, -0.05) is 44.9 Å². The molecule has 0 aliphatic carbocycles. The van der Waals surface area contributed by atoms with E-state index in [1.54, 1.807) is 0 Å². The molecule has 1 aromatic carbocycles. The van der Waals surface area contributed by atoms with Crippen molar-refractivity contribution < 1.29 is 35.9 Å². The molecule has 0 bridgehead atoms. The highest BCUT2D eigenvalue weighted by molar-refractivity contribution is 5.92. The van der Waals surface area contributed by atoms with Gasteiger partial charge in [0.2, 0.25) is 11.8 Å². The maximum atomic E-state index is 13.3. The minimum Gasteiger partial charge on any atom is -0.385 e. The van der Waals surface area contributed by atoms with Crippen molar-refractivity contribution in [2.45, 2.75) is 45.6 Å². The van der Waals surface area contributed by atoms with Gasteiger partial charge < -0.3 is 15.3 Å². The minimum atomic E-state index is -3.47. The topological polar surface area (TPSA) is 86.7 Å². The molecule has 142 valence electrons. The van der Waals surface area contributed by atoms with Gasteiger partial charge in [-0.25, -0.2) is 0 Å². The van der Waals surface area contributed by atoms with Crippen LogP contribution in [-0.4, -0.2) is 47.2 Å². The molecule has 1 aromatic rings. The van der Waals surface area contributed by atoms with Gasteiger partial charge in [-0.2, -0.15) is 0 Å². The molecule has 2 N–H and O–H groups in total. The van der Waals surface area contributed by atoms with E-state index in [1.807, 2.05) is 5.32 Å². The summed E-state index contributed by atoms with van der Waals surface area (Å²) >= 11 is 0. The summed E-state index contributed by atoms with van der Waals surface area (Å²) in [5.74, 6) is -8.61. The summed E-state index contributed by atoms with van der Waals surface area (Å²) in [6.07, 6.45) is -5.18. The molecule has 1 aliphatic rings. The van der Waals surface area contributed by atoms with Crippen LogP contribution in [0.4, 0.5) is 0 Å². The second-order valence-electron chi connectivity index (χ2n) is 5.92. The number of fused-ring (bicyclic) bond motifs is 1. The van der Waals surface area contributed by atoms with E-state index in [9.17, 15) is 19.5 Å². The first-order valence-electron chi connectivity index (χ1n) is 13.8. The molecule has 0 fully saturated rings. The molecule has 2 rings (SSSR count). The third-order valence-corrected chi connectivity index (χ3v) is 3.83. The maximum Gasteiger partial charge on any atom is 0.249 e. The molecule has 26 heavy (non-hydrogen) atoms. The molecule has 6 heteroatoms. The number of Topliss-reactive ketones (excluding diaryl/α,β-unsaturated/α-hetero) is 1. The summed E-state index contributed by atoms with van der Waals surface area (Å²) in [4.78, 5) is 39.5. The average Bonchev–Trinajstić information content (AvgIpc) is 2.83. The molecule has 0 saturated carbocycles. The Balaban J connectivity index is 2.55. The van der Waals surface area contributed by atoms with Crippen molar-refractivity contribution in [3.05, 3.63) is 35.3 Å². The summed E-state index contributed by atoms with van der Waals surface area (Å²) in [5, 5.41) is 12.3. The SMILES string of the molecule is [2H]c1c([2H])c([2H])c2c(c1[2H])CC([2H])([2H])N(C)C(=O)[C@@]2([2H])NC(=O)[C@H](C)CC(=O)[C@@]([2H])(O)C([2H])(C)C([2H])([2H])[2H]. The first-order chi connectivity index (χ1) is 16.9. The smallest absolute Gasteiger partial charge is 0.249 e. The standard InChI is InChI=1S/C20H28N2O4/c1-12(2)18(24)16(23)11-13(3)19(25)21-17-15-8-6-5-7-14(15)9-10-22(4)20(17)26/h5-8,12-13,17-18,24H,9-11H2,1-4H3,(H,21,25)/t13-,17+,18+/m1/s1/i1D3,5D,6D,7D,8D,10D2,12D,17D,18D/t12?,13-,17+,18+. The van der Waals surface area contributed by atoms with Crippen molar-refractivity contribution >= 4 is 17.6 Å². The number of rotatable bonds is 6. The van der Waals surface area contributed by atoms with E-state index >= 15 is 0 Å². The largest absolute Gasteiger partial charge is 0.385 e. The van der Waals surface area contributed by atoms with Gasteiger partial charge in [0.05, 0.1) is 8.22 Å². The lowest BCUT2D eigenvalue weighted by Gasteiger charge is -2.24. The summed E-state index contributed by atoms with van der Waals surface area (Å²) in [6, 6.07) is -6.11. The fraction of sp³-hybridized carbons (Fsp3) is 0.550. The molecule has 2 amide bonds. The zero-order valence-corrected chi connectivity index (χ0v) is 14.6. The van der Waals surface area contributed by atoms with Crippen LogP contribution in [0.5, 0.6) is 0 Å². The van der Waals surface area contributed by atoms with Crippen LogP contribution in [0.1, 0.15) is 60.7 Å². The summed E-state index contributed by atoms with van der Waals surface area (Å²) in [5.41, 5.74) is -1.10. The van der Waals surface area contributed by atoms with Gasteiger partial charge in [0.25, 0.3) is 0 Å². The molecular weight excluding hydrogens is 332 g/mol. The van der Waals surface area contributed by atoms with Crippen molar-refractivity contribution in [3.63, 3.8) is 0 Å².